The molecular weight excluding hydrogens is 358 g/mol. The summed E-state index contributed by atoms with van der Waals surface area (Å²) in [7, 11) is 0. The number of carbonyl (C=O) groups excluding carboxylic acids is 2. The summed E-state index contributed by atoms with van der Waals surface area (Å²) >= 11 is 0. The summed E-state index contributed by atoms with van der Waals surface area (Å²) in [4.78, 5) is 45.3. The van der Waals surface area contributed by atoms with E-state index < -0.39 is 22.7 Å². The second kappa shape index (κ2) is 8.94. The number of aliphatic carboxylic acids is 1. The lowest BCUT2D eigenvalue weighted by Crippen LogP contribution is -2.35. The van der Waals surface area contributed by atoms with Crippen LogP contribution in [0.3, 0.4) is 0 Å². The van der Waals surface area contributed by atoms with Gasteiger partial charge in [0, 0.05) is 18.7 Å². The third kappa shape index (κ3) is 5.81. The van der Waals surface area contributed by atoms with Crippen molar-refractivity contribution in [2.45, 2.75) is 6.42 Å². The first kappa shape index (κ1) is 19.4. The first-order valence-electron chi connectivity index (χ1n) is 7.68. The molecule has 1 aromatic carbocycles. The van der Waals surface area contributed by atoms with Gasteiger partial charge in [-0.3, -0.25) is 24.5 Å². The average molecular weight is 373 g/mol. The fraction of sp³-hybridized carbons (Fsp3) is 0.118. The van der Waals surface area contributed by atoms with E-state index in [1.165, 1.54) is 48.7 Å². The molecular formula is C17H15N3O7. The normalized spacial score (nSPS) is 10.9. The number of benzene rings is 1. The van der Waals surface area contributed by atoms with Crippen LogP contribution in [0.25, 0.3) is 6.08 Å². The Balaban J connectivity index is 2.26. The van der Waals surface area contributed by atoms with E-state index in [4.69, 9.17) is 9.52 Å². The Bertz CT molecular complexity index is 888. The number of hydrogen-bond acceptors (Lipinski definition) is 6. The molecule has 10 heteroatoms. The van der Waals surface area contributed by atoms with Gasteiger partial charge in [-0.2, -0.15) is 0 Å². The first-order valence-corrected chi connectivity index (χ1v) is 7.68. The molecule has 3 N–H and O–H groups in total. The highest BCUT2D eigenvalue weighted by molar-refractivity contribution is 6.04. The van der Waals surface area contributed by atoms with Crippen molar-refractivity contribution in [3.63, 3.8) is 0 Å². The van der Waals surface area contributed by atoms with E-state index in [0.29, 0.717) is 5.56 Å². The fourth-order valence-corrected chi connectivity index (χ4v) is 2.02. The maximum atomic E-state index is 12.3. The van der Waals surface area contributed by atoms with Gasteiger partial charge in [-0.25, -0.2) is 0 Å². The molecule has 0 unspecified atom stereocenters. The van der Waals surface area contributed by atoms with Crippen molar-refractivity contribution in [1.29, 1.82) is 0 Å². The van der Waals surface area contributed by atoms with E-state index >= 15 is 0 Å². The Kier molecular flexibility index (Phi) is 6.42. The van der Waals surface area contributed by atoms with Gasteiger partial charge in [-0.05, 0) is 23.8 Å². The van der Waals surface area contributed by atoms with E-state index in [9.17, 15) is 24.5 Å². The summed E-state index contributed by atoms with van der Waals surface area (Å²) in [6.45, 7) is -0.156. The van der Waals surface area contributed by atoms with Crippen LogP contribution in [0.1, 0.15) is 22.5 Å². The van der Waals surface area contributed by atoms with E-state index in [0.717, 1.165) is 0 Å². The lowest BCUT2D eigenvalue weighted by Gasteiger charge is -2.09. The molecule has 0 radical (unpaired) electrons. The van der Waals surface area contributed by atoms with Crippen molar-refractivity contribution in [2.24, 2.45) is 0 Å². The number of hydrogen-bond donors (Lipinski definition) is 3. The quantitative estimate of drug-likeness (QED) is 0.360. The SMILES string of the molecule is O=C(O)CCNC(=O)C(=Cc1cccc([N+](=O)[O-])c1)NC(=O)c1ccco1. The largest absolute Gasteiger partial charge is 0.481 e. The second-order valence-electron chi connectivity index (χ2n) is 5.24. The Morgan fingerprint density at radius 2 is 2.00 bits per heavy atom. The van der Waals surface area contributed by atoms with Gasteiger partial charge in [0.2, 0.25) is 0 Å². The number of nitro groups is 1. The van der Waals surface area contributed by atoms with Crippen LogP contribution in [0.2, 0.25) is 0 Å². The van der Waals surface area contributed by atoms with Crippen LogP contribution in [0.4, 0.5) is 5.69 Å². The smallest absolute Gasteiger partial charge is 0.305 e. The number of amides is 2. The van der Waals surface area contributed by atoms with Crippen LogP contribution in [0, 0.1) is 10.1 Å². The van der Waals surface area contributed by atoms with E-state index in [1.54, 1.807) is 0 Å². The maximum absolute atomic E-state index is 12.3. The topological polar surface area (TPSA) is 152 Å². The maximum Gasteiger partial charge on any atom is 0.305 e. The molecule has 1 heterocycles. The summed E-state index contributed by atoms with van der Waals surface area (Å²) in [5.41, 5.74) is -0.110. The molecule has 0 fully saturated rings. The molecule has 0 aliphatic rings. The standard InChI is InChI=1S/C17H15N3O7/c21-15(22)6-7-18-16(23)13(19-17(24)14-5-2-8-27-14)10-11-3-1-4-12(9-11)20(25)26/h1-5,8-10H,6-7H2,(H,18,23)(H,19,24)(H,21,22). The molecule has 1 aromatic heterocycles. The van der Waals surface area contributed by atoms with Crippen molar-refractivity contribution in [1.82, 2.24) is 10.6 Å². The molecule has 0 spiro atoms. The predicted octanol–water partition coefficient (Wildman–Crippen LogP) is 1.55. The zero-order valence-electron chi connectivity index (χ0n) is 13.9. The van der Waals surface area contributed by atoms with Gasteiger partial charge >= 0.3 is 5.97 Å². The van der Waals surface area contributed by atoms with Gasteiger partial charge in [0.25, 0.3) is 17.5 Å². The molecule has 0 bridgehead atoms. The van der Waals surface area contributed by atoms with Crippen LogP contribution in [-0.2, 0) is 9.59 Å². The Morgan fingerprint density at radius 1 is 1.22 bits per heavy atom. The molecule has 140 valence electrons. The molecule has 0 aliphatic carbocycles. The molecule has 0 atom stereocenters. The van der Waals surface area contributed by atoms with Crippen molar-refractivity contribution in [2.75, 3.05) is 6.54 Å². The molecule has 0 aliphatic heterocycles. The minimum atomic E-state index is -1.10. The first-order chi connectivity index (χ1) is 12.9. The number of carboxylic acids is 1. The van der Waals surface area contributed by atoms with E-state index in [-0.39, 0.29) is 30.1 Å². The molecule has 2 amide bonds. The number of nitrogens with one attached hydrogen (secondary N) is 2. The average Bonchev–Trinajstić information content (AvgIpc) is 3.15. The summed E-state index contributed by atoms with van der Waals surface area (Å²) in [6.07, 6.45) is 2.22. The molecule has 2 aromatic rings. The zero-order chi connectivity index (χ0) is 19.8. The molecule has 0 saturated heterocycles. The van der Waals surface area contributed by atoms with Crippen molar-refractivity contribution in [3.8, 4) is 0 Å². The number of nitro benzene ring substituents is 1. The Labute approximate surface area is 152 Å². The highest BCUT2D eigenvalue weighted by atomic mass is 16.6. The van der Waals surface area contributed by atoms with E-state index in [2.05, 4.69) is 10.6 Å². The lowest BCUT2D eigenvalue weighted by atomic mass is 10.1. The van der Waals surface area contributed by atoms with Gasteiger partial charge in [0.15, 0.2) is 5.76 Å². The van der Waals surface area contributed by atoms with Crippen LogP contribution in [0.15, 0.2) is 52.8 Å². The number of nitrogens with zero attached hydrogens (tertiary/aromatic N) is 1. The highest BCUT2D eigenvalue weighted by Gasteiger charge is 2.17. The second-order valence-corrected chi connectivity index (χ2v) is 5.24. The minimum Gasteiger partial charge on any atom is -0.481 e. The van der Waals surface area contributed by atoms with Gasteiger partial charge in [-0.1, -0.05) is 12.1 Å². The molecule has 0 saturated carbocycles. The third-order valence-corrected chi connectivity index (χ3v) is 3.25. The third-order valence-electron chi connectivity index (χ3n) is 3.25. The molecule has 2 rings (SSSR count). The number of carboxylic acid groups (broad SMARTS) is 1. The highest BCUT2D eigenvalue weighted by Crippen LogP contribution is 2.15. The van der Waals surface area contributed by atoms with Crippen molar-refractivity contribution < 1.29 is 28.8 Å². The van der Waals surface area contributed by atoms with Gasteiger partial charge < -0.3 is 20.2 Å². The molecule has 27 heavy (non-hydrogen) atoms. The van der Waals surface area contributed by atoms with Crippen LogP contribution >= 0.6 is 0 Å². The van der Waals surface area contributed by atoms with Crippen LogP contribution in [-0.4, -0.2) is 34.4 Å². The van der Waals surface area contributed by atoms with Crippen LogP contribution < -0.4 is 10.6 Å². The number of non-ortho nitro benzene ring substituents is 1. The number of rotatable bonds is 8. The predicted molar refractivity (Wildman–Crippen MR) is 92.5 cm³/mol. The summed E-state index contributed by atoms with van der Waals surface area (Å²) in [5, 5.41) is 24.2. The van der Waals surface area contributed by atoms with Gasteiger partial charge in [-0.15, -0.1) is 0 Å². The Morgan fingerprint density at radius 3 is 2.63 bits per heavy atom. The minimum absolute atomic E-state index is 0.0433. The number of carbonyl (C=O) groups is 3. The Hall–Kier alpha value is -3.95. The fourth-order valence-electron chi connectivity index (χ4n) is 2.02. The summed E-state index contributed by atoms with van der Waals surface area (Å²) < 4.78 is 4.95. The van der Waals surface area contributed by atoms with Gasteiger partial charge in [0.1, 0.15) is 5.70 Å². The summed E-state index contributed by atoms with van der Waals surface area (Å²) in [5.74, 6) is -2.59. The van der Waals surface area contributed by atoms with E-state index in [1.807, 2.05) is 0 Å². The number of furan rings is 1. The molecule has 10 nitrogen and oxygen atoms in total. The van der Waals surface area contributed by atoms with Gasteiger partial charge in [0.05, 0.1) is 17.6 Å². The zero-order valence-corrected chi connectivity index (χ0v) is 13.9. The van der Waals surface area contributed by atoms with Crippen molar-refractivity contribution >= 4 is 29.5 Å². The lowest BCUT2D eigenvalue weighted by molar-refractivity contribution is -0.384. The van der Waals surface area contributed by atoms with Crippen LogP contribution in [0.5, 0.6) is 0 Å². The summed E-state index contributed by atoms with van der Waals surface area (Å²) in [6, 6.07) is 8.33. The monoisotopic (exact) mass is 373 g/mol. The van der Waals surface area contributed by atoms with Crippen molar-refractivity contribution in [3.05, 3.63) is 69.8 Å².